The summed E-state index contributed by atoms with van der Waals surface area (Å²) >= 11 is 0. The van der Waals surface area contributed by atoms with E-state index in [9.17, 15) is 5.11 Å². The van der Waals surface area contributed by atoms with Crippen LogP contribution in [0.2, 0.25) is 0 Å². The Morgan fingerprint density at radius 3 is 2.96 bits per heavy atom. The van der Waals surface area contributed by atoms with Crippen molar-refractivity contribution in [3.8, 4) is 5.75 Å². The first-order valence-corrected chi connectivity index (χ1v) is 8.68. The molecule has 3 aliphatic heterocycles. The first-order valence-electron chi connectivity index (χ1n) is 8.68. The number of aromatic nitrogens is 1. The molecule has 2 aromatic rings. The summed E-state index contributed by atoms with van der Waals surface area (Å²) in [5.74, 6) is 2.01. The molecule has 5 heteroatoms. The average molecular weight is 464 g/mol. The quantitative estimate of drug-likeness (QED) is 0.559. The van der Waals surface area contributed by atoms with E-state index in [0.717, 1.165) is 41.7 Å². The molecule has 0 saturated carbocycles. The Hall–Kier alpha value is -0.339. The molecule has 0 radical (unpaired) electrons. The third kappa shape index (κ3) is 3.58. The standard InChI is InChI=1S/C20H24N2O2.Ba.2H/c1-3-13-12-22-9-7-14(13)10-19(22)20(23)16-6-8-21-18-5-4-15(24-2)11-17(16)18;;;/h3-6,8,11,13-14,19-20,23H,1,7,9-10,12H2,2H3;;;/q;+2;2*-1/t13-,14-,19-,20+;;;/m0.../s1. The minimum absolute atomic E-state index is 0. The van der Waals surface area contributed by atoms with Gasteiger partial charge in [0.25, 0.3) is 0 Å². The van der Waals surface area contributed by atoms with Gasteiger partial charge in [0.15, 0.2) is 0 Å². The number of benzene rings is 1. The minimum atomic E-state index is -0.504. The number of ether oxygens (including phenoxy) is 1. The number of nitrogens with zero attached hydrogens (tertiary/aromatic N) is 2. The van der Waals surface area contributed by atoms with Gasteiger partial charge < -0.3 is 12.7 Å². The first kappa shape index (κ1) is 19.4. The summed E-state index contributed by atoms with van der Waals surface area (Å²) in [4.78, 5) is 6.86. The number of rotatable bonds is 4. The molecular formula is C20H26BaN2O2. The van der Waals surface area contributed by atoms with E-state index < -0.39 is 6.10 Å². The number of hydrogen-bond donors (Lipinski definition) is 1. The van der Waals surface area contributed by atoms with Gasteiger partial charge in [-0.1, -0.05) is 6.08 Å². The van der Waals surface area contributed by atoms with Crippen LogP contribution >= 0.6 is 0 Å². The van der Waals surface area contributed by atoms with Gasteiger partial charge in [-0.3, -0.25) is 9.88 Å². The van der Waals surface area contributed by atoms with Crippen LogP contribution in [0.3, 0.4) is 0 Å². The predicted octanol–water partition coefficient (Wildman–Crippen LogP) is 3.02. The SMILES string of the molecule is C=C[C@H]1CN2CC[C@H]1C[C@H]2[C@H](O)c1ccnc2ccc(OC)cc12.[Ba+2].[H-].[H-]. The van der Waals surface area contributed by atoms with Crippen molar-refractivity contribution in [2.45, 2.75) is 25.0 Å². The van der Waals surface area contributed by atoms with Crippen LogP contribution in [0, 0.1) is 11.8 Å². The van der Waals surface area contributed by atoms with Crippen LogP contribution < -0.4 is 4.74 Å². The van der Waals surface area contributed by atoms with Gasteiger partial charge in [-0.15, -0.1) is 6.58 Å². The monoisotopic (exact) mass is 464 g/mol. The van der Waals surface area contributed by atoms with Gasteiger partial charge in [0, 0.05) is 24.2 Å². The molecule has 25 heavy (non-hydrogen) atoms. The van der Waals surface area contributed by atoms with Crippen molar-refractivity contribution in [2.24, 2.45) is 11.8 Å². The number of piperidine rings is 3. The fourth-order valence-corrected chi connectivity index (χ4v) is 4.44. The van der Waals surface area contributed by atoms with Crippen molar-refractivity contribution < 1.29 is 12.7 Å². The van der Waals surface area contributed by atoms with Gasteiger partial charge in [0.1, 0.15) is 5.75 Å². The fraction of sp³-hybridized carbons (Fsp3) is 0.450. The van der Waals surface area contributed by atoms with Crippen LogP contribution in [0.1, 0.15) is 27.4 Å². The summed E-state index contributed by atoms with van der Waals surface area (Å²) in [5.41, 5.74) is 1.85. The maximum atomic E-state index is 11.2. The zero-order chi connectivity index (χ0) is 16.7. The second-order valence-corrected chi connectivity index (χ2v) is 6.97. The molecule has 2 bridgehead atoms. The summed E-state index contributed by atoms with van der Waals surface area (Å²) in [6, 6.07) is 7.96. The molecule has 1 aromatic heterocycles. The van der Waals surface area contributed by atoms with Gasteiger partial charge >= 0.3 is 48.9 Å². The molecule has 0 spiro atoms. The summed E-state index contributed by atoms with van der Waals surface area (Å²) in [5, 5.41) is 12.1. The third-order valence-electron chi connectivity index (χ3n) is 5.82. The van der Waals surface area contributed by atoms with E-state index in [1.165, 1.54) is 6.42 Å². The largest absolute Gasteiger partial charge is 2.00 e. The number of aliphatic hydroxyl groups is 1. The third-order valence-corrected chi connectivity index (χ3v) is 5.82. The van der Waals surface area contributed by atoms with Gasteiger partial charge in [-0.05, 0) is 61.1 Å². The van der Waals surface area contributed by atoms with Crippen molar-refractivity contribution >= 4 is 59.8 Å². The Bertz CT molecular complexity index is 777. The molecule has 4 heterocycles. The van der Waals surface area contributed by atoms with Gasteiger partial charge in [0.2, 0.25) is 0 Å². The summed E-state index contributed by atoms with van der Waals surface area (Å²) < 4.78 is 5.35. The van der Waals surface area contributed by atoms with Gasteiger partial charge in [-0.25, -0.2) is 0 Å². The first-order chi connectivity index (χ1) is 11.7. The van der Waals surface area contributed by atoms with Crippen LogP contribution in [0.4, 0.5) is 0 Å². The second kappa shape index (κ2) is 8.13. The molecule has 5 rings (SSSR count). The molecule has 4 nitrogen and oxygen atoms in total. The predicted molar refractivity (Wildman–Crippen MR) is 103 cm³/mol. The van der Waals surface area contributed by atoms with E-state index in [1.54, 1.807) is 13.3 Å². The van der Waals surface area contributed by atoms with Crippen molar-refractivity contribution in [2.75, 3.05) is 20.2 Å². The number of fused-ring (bicyclic) bond motifs is 4. The van der Waals surface area contributed by atoms with Crippen LogP contribution in [0.25, 0.3) is 10.9 Å². The zero-order valence-electron chi connectivity index (χ0n) is 16.8. The topological polar surface area (TPSA) is 45.6 Å². The Morgan fingerprint density at radius 1 is 1.44 bits per heavy atom. The molecule has 0 aliphatic carbocycles. The zero-order valence-corrected chi connectivity index (χ0v) is 19.2. The van der Waals surface area contributed by atoms with E-state index in [1.807, 2.05) is 24.3 Å². The Morgan fingerprint density at radius 2 is 2.28 bits per heavy atom. The van der Waals surface area contributed by atoms with E-state index in [0.29, 0.717) is 11.8 Å². The van der Waals surface area contributed by atoms with Crippen LogP contribution in [0.5, 0.6) is 5.75 Å². The Labute approximate surface area is 192 Å². The van der Waals surface area contributed by atoms with Crippen LogP contribution in [-0.4, -0.2) is 90.1 Å². The normalized spacial score (nSPS) is 29.0. The van der Waals surface area contributed by atoms with E-state index >= 15 is 0 Å². The average Bonchev–Trinajstić information content (AvgIpc) is 2.66. The van der Waals surface area contributed by atoms with Crippen molar-refractivity contribution in [3.05, 3.63) is 48.7 Å². The molecule has 0 amide bonds. The number of pyridine rings is 1. The minimum Gasteiger partial charge on any atom is -1.00 e. The summed E-state index contributed by atoms with van der Waals surface area (Å²) in [7, 11) is 1.66. The summed E-state index contributed by atoms with van der Waals surface area (Å²) in [6.45, 7) is 6.07. The summed E-state index contributed by atoms with van der Waals surface area (Å²) in [6.07, 6.45) is 5.62. The van der Waals surface area contributed by atoms with Crippen molar-refractivity contribution in [1.29, 1.82) is 0 Å². The van der Waals surface area contributed by atoms with Crippen LogP contribution in [-0.2, 0) is 0 Å². The molecule has 3 saturated heterocycles. The van der Waals surface area contributed by atoms with Crippen molar-refractivity contribution in [3.63, 3.8) is 0 Å². The van der Waals surface area contributed by atoms with E-state index in [2.05, 4.69) is 22.5 Å². The van der Waals surface area contributed by atoms with E-state index in [4.69, 9.17) is 4.74 Å². The van der Waals surface area contributed by atoms with Crippen LogP contribution in [0.15, 0.2) is 43.1 Å². The van der Waals surface area contributed by atoms with Crippen molar-refractivity contribution in [1.82, 2.24) is 9.88 Å². The smallest absolute Gasteiger partial charge is 1.00 e. The molecule has 1 unspecified atom stereocenters. The van der Waals surface area contributed by atoms with E-state index in [-0.39, 0.29) is 57.8 Å². The molecule has 1 aromatic carbocycles. The number of aliphatic hydroxyl groups excluding tert-OH is 1. The maximum Gasteiger partial charge on any atom is 2.00 e. The second-order valence-electron chi connectivity index (χ2n) is 6.97. The maximum absolute atomic E-state index is 11.2. The fourth-order valence-electron chi connectivity index (χ4n) is 4.44. The number of methoxy groups -OCH3 is 1. The van der Waals surface area contributed by atoms with Gasteiger partial charge in [-0.2, -0.15) is 0 Å². The molecule has 1 N–H and O–H groups in total. The molecular weight excluding hydrogens is 438 g/mol. The molecule has 3 aliphatic rings. The molecule has 5 atom stereocenters. The molecule has 130 valence electrons. The van der Waals surface area contributed by atoms with Gasteiger partial charge in [0.05, 0.1) is 18.7 Å². The number of hydrogen-bond acceptors (Lipinski definition) is 4. The molecule has 3 fully saturated rings. The Kier molecular flexibility index (Phi) is 6.32. The Balaban J connectivity index is 0.00000121.